The Bertz CT molecular complexity index is 695. The Morgan fingerprint density at radius 3 is 3.05 bits per heavy atom. The van der Waals surface area contributed by atoms with Crippen molar-refractivity contribution >= 4 is 38.5 Å². The van der Waals surface area contributed by atoms with Crippen LogP contribution in [0.1, 0.15) is 28.0 Å². The number of nitriles is 1. The van der Waals surface area contributed by atoms with Crippen LogP contribution in [0.4, 0.5) is 5.00 Å². The molecule has 0 unspecified atom stereocenters. The Balaban J connectivity index is 1.94. The summed E-state index contributed by atoms with van der Waals surface area (Å²) in [5.74, 6) is 0. The number of aliphatic imine (C=N–C) groups is 1. The average molecular weight is 331 g/mol. The Morgan fingerprint density at radius 1 is 1.37 bits per heavy atom. The van der Waals surface area contributed by atoms with Crippen LogP contribution in [-0.2, 0) is 12.8 Å². The summed E-state index contributed by atoms with van der Waals surface area (Å²) in [5, 5.41) is 10.1. The number of benzene rings is 1. The molecular formula is C15H11BrN2S. The Kier molecular flexibility index (Phi) is 3.50. The van der Waals surface area contributed by atoms with Gasteiger partial charge in [0.2, 0.25) is 0 Å². The van der Waals surface area contributed by atoms with E-state index in [2.05, 4.69) is 27.0 Å². The zero-order chi connectivity index (χ0) is 13.2. The van der Waals surface area contributed by atoms with Crippen molar-refractivity contribution in [1.29, 1.82) is 5.26 Å². The molecule has 0 amide bonds. The third-order valence-corrected chi connectivity index (χ3v) is 4.89. The van der Waals surface area contributed by atoms with Crippen LogP contribution in [0.3, 0.4) is 0 Å². The SMILES string of the molecule is N#Cc1c(N=Cc2cccc(Br)c2)sc2c1CCC2. The maximum atomic E-state index is 9.29. The third kappa shape index (κ3) is 2.49. The number of hydrogen-bond acceptors (Lipinski definition) is 3. The Hall–Kier alpha value is -1.44. The van der Waals surface area contributed by atoms with E-state index >= 15 is 0 Å². The summed E-state index contributed by atoms with van der Waals surface area (Å²) in [6.45, 7) is 0. The fourth-order valence-electron chi connectivity index (χ4n) is 2.32. The average Bonchev–Trinajstić information content (AvgIpc) is 2.96. The minimum absolute atomic E-state index is 0.781. The van der Waals surface area contributed by atoms with E-state index in [0.717, 1.165) is 33.4 Å². The molecule has 1 aliphatic carbocycles. The summed E-state index contributed by atoms with van der Waals surface area (Å²) in [5.41, 5.74) is 3.05. The highest BCUT2D eigenvalue weighted by Gasteiger charge is 2.21. The molecule has 0 bridgehead atoms. The first kappa shape index (κ1) is 12.6. The zero-order valence-corrected chi connectivity index (χ0v) is 12.6. The molecule has 0 aliphatic heterocycles. The number of rotatable bonds is 2. The fraction of sp³-hybridized carbons (Fsp3) is 0.200. The fourth-order valence-corrected chi connectivity index (χ4v) is 3.92. The van der Waals surface area contributed by atoms with Crippen LogP contribution in [0.2, 0.25) is 0 Å². The van der Waals surface area contributed by atoms with Gasteiger partial charge in [0.15, 0.2) is 0 Å². The van der Waals surface area contributed by atoms with Crippen molar-refractivity contribution in [3.05, 3.63) is 50.3 Å². The van der Waals surface area contributed by atoms with E-state index < -0.39 is 0 Å². The molecule has 1 heterocycles. The molecule has 19 heavy (non-hydrogen) atoms. The van der Waals surface area contributed by atoms with E-state index in [9.17, 15) is 5.26 Å². The molecule has 3 rings (SSSR count). The first-order valence-corrected chi connectivity index (χ1v) is 7.73. The molecule has 94 valence electrons. The molecule has 2 nitrogen and oxygen atoms in total. The van der Waals surface area contributed by atoms with Crippen LogP contribution in [0.25, 0.3) is 0 Å². The highest BCUT2D eigenvalue weighted by atomic mass is 79.9. The van der Waals surface area contributed by atoms with Gasteiger partial charge in [0.05, 0.1) is 5.56 Å². The van der Waals surface area contributed by atoms with Gasteiger partial charge < -0.3 is 0 Å². The summed E-state index contributed by atoms with van der Waals surface area (Å²) >= 11 is 5.11. The molecule has 0 saturated carbocycles. The number of halogens is 1. The van der Waals surface area contributed by atoms with Gasteiger partial charge >= 0.3 is 0 Å². The summed E-state index contributed by atoms with van der Waals surface area (Å²) in [6.07, 6.45) is 5.13. The van der Waals surface area contributed by atoms with Crippen LogP contribution >= 0.6 is 27.3 Å². The lowest BCUT2D eigenvalue weighted by molar-refractivity contribution is 0.913. The van der Waals surface area contributed by atoms with Crippen molar-refractivity contribution in [1.82, 2.24) is 0 Å². The van der Waals surface area contributed by atoms with Crippen molar-refractivity contribution < 1.29 is 0 Å². The molecule has 0 saturated heterocycles. The predicted molar refractivity (Wildman–Crippen MR) is 82.5 cm³/mol. The van der Waals surface area contributed by atoms with Gasteiger partial charge in [-0.3, -0.25) is 0 Å². The van der Waals surface area contributed by atoms with Gasteiger partial charge in [-0.05, 0) is 42.5 Å². The first-order valence-electron chi connectivity index (χ1n) is 6.12. The van der Waals surface area contributed by atoms with Gasteiger partial charge in [-0.25, -0.2) is 4.99 Å². The summed E-state index contributed by atoms with van der Waals surface area (Å²) < 4.78 is 1.03. The van der Waals surface area contributed by atoms with Crippen LogP contribution in [0.15, 0.2) is 33.7 Å². The number of fused-ring (bicyclic) bond motifs is 1. The normalized spacial score (nSPS) is 13.7. The molecular weight excluding hydrogens is 320 g/mol. The molecule has 1 aromatic carbocycles. The van der Waals surface area contributed by atoms with Crippen molar-refractivity contribution in [2.75, 3.05) is 0 Å². The van der Waals surface area contributed by atoms with E-state index in [-0.39, 0.29) is 0 Å². The maximum absolute atomic E-state index is 9.29. The molecule has 0 spiro atoms. The van der Waals surface area contributed by atoms with Crippen LogP contribution in [0.5, 0.6) is 0 Å². The van der Waals surface area contributed by atoms with E-state index in [1.165, 1.54) is 16.9 Å². The third-order valence-electron chi connectivity index (χ3n) is 3.19. The van der Waals surface area contributed by atoms with Crippen LogP contribution in [0, 0.1) is 11.3 Å². The van der Waals surface area contributed by atoms with Crippen LogP contribution < -0.4 is 0 Å². The van der Waals surface area contributed by atoms with Gasteiger partial charge in [0, 0.05) is 15.6 Å². The number of nitrogens with zero attached hydrogens (tertiary/aromatic N) is 2. The quantitative estimate of drug-likeness (QED) is 0.740. The first-order chi connectivity index (χ1) is 9.28. The number of aryl methyl sites for hydroxylation is 1. The molecule has 0 atom stereocenters. The van der Waals surface area contributed by atoms with E-state index in [1.807, 2.05) is 30.5 Å². The minimum atomic E-state index is 0.781. The van der Waals surface area contributed by atoms with Gasteiger partial charge in [-0.1, -0.05) is 28.1 Å². The smallest absolute Gasteiger partial charge is 0.134 e. The van der Waals surface area contributed by atoms with Gasteiger partial charge in [0.1, 0.15) is 11.1 Å². The van der Waals surface area contributed by atoms with E-state index in [1.54, 1.807) is 11.3 Å². The van der Waals surface area contributed by atoms with Gasteiger partial charge in [-0.2, -0.15) is 5.26 Å². The van der Waals surface area contributed by atoms with E-state index in [0.29, 0.717) is 0 Å². The molecule has 4 heteroatoms. The molecule has 1 aromatic heterocycles. The number of hydrogen-bond donors (Lipinski definition) is 0. The Labute approximate surface area is 124 Å². The predicted octanol–water partition coefficient (Wildman–Crippen LogP) is 4.62. The Morgan fingerprint density at radius 2 is 2.26 bits per heavy atom. The molecule has 2 aromatic rings. The molecule has 0 N–H and O–H groups in total. The standard InChI is InChI=1S/C15H11BrN2S/c16-11-4-1-3-10(7-11)9-18-15-13(8-17)12-5-2-6-14(12)19-15/h1,3-4,7,9H,2,5-6H2. The van der Waals surface area contributed by atoms with Crippen molar-refractivity contribution in [2.45, 2.75) is 19.3 Å². The van der Waals surface area contributed by atoms with Crippen molar-refractivity contribution in [2.24, 2.45) is 4.99 Å². The summed E-state index contributed by atoms with van der Waals surface area (Å²) in [7, 11) is 0. The maximum Gasteiger partial charge on any atom is 0.134 e. The second-order valence-electron chi connectivity index (χ2n) is 4.46. The number of thiophene rings is 1. The second kappa shape index (κ2) is 5.28. The lowest BCUT2D eigenvalue weighted by Crippen LogP contribution is -1.82. The van der Waals surface area contributed by atoms with Gasteiger partial charge in [0.25, 0.3) is 0 Å². The topological polar surface area (TPSA) is 36.1 Å². The van der Waals surface area contributed by atoms with Crippen molar-refractivity contribution in [3.8, 4) is 6.07 Å². The van der Waals surface area contributed by atoms with Crippen molar-refractivity contribution in [3.63, 3.8) is 0 Å². The monoisotopic (exact) mass is 330 g/mol. The minimum Gasteiger partial charge on any atom is -0.244 e. The van der Waals surface area contributed by atoms with Crippen LogP contribution in [-0.4, -0.2) is 6.21 Å². The summed E-state index contributed by atoms with van der Waals surface area (Å²) in [4.78, 5) is 5.85. The zero-order valence-electron chi connectivity index (χ0n) is 10.2. The second-order valence-corrected chi connectivity index (χ2v) is 6.46. The van der Waals surface area contributed by atoms with E-state index in [4.69, 9.17) is 0 Å². The highest BCUT2D eigenvalue weighted by molar-refractivity contribution is 9.10. The molecule has 1 aliphatic rings. The molecule has 0 fully saturated rings. The largest absolute Gasteiger partial charge is 0.244 e. The highest BCUT2D eigenvalue weighted by Crippen LogP contribution is 2.40. The lowest BCUT2D eigenvalue weighted by Gasteiger charge is -1.95. The van der Waals surface area contributed by atoms with Gasteiger partial charge in [-0.15, -0.1) is 11.3 Å². The molecule has 0 radical (unpaired) electrons. The lowest BCUT2D eigenvalue weighted by atomic mass is 10.1. The summed E-state index contributed by atoms with van der Waals surface area (Å²) in [6, 6.07) is 10.3.